The van der Waals surface area contributed by atoms with Crippen LogP contribution in [0.2, 0.25) is 0 Å². The minimum Gasteiger partial charge on any atom is -0.493 e. The lowest BCUT2D eigenvalue weighted by atomic mass is 10.2. The fraction of sp³-hybridized carbons (Fsp3) is 0.125. The van der Waals surface area contributed by atoms with Gasteiger partial charge >= 0.3 is 0 Å². The molecular formula is C24H19N3O4S3. The average Bonchev–Trinajstić information content (AvgIpc) is 3.49. The maximum Gasteiger partial charge on any atom is 0.267 e. The highest BCUT2D eigenvalue weighted by Gasteiger charge is 2.14. The lowest BCUT2D eigenvalue weighted by Gasteiger charge is -2.12. The second-order valence-corrected chi connectivity index (χ2v) is 10.3. The molecule has 10 heteroatoms. The Labute approximate surface area is 207 Å². The Morgan fingerprint density at radius 2 is 1.76 bits per heavy atom. The van der Waals surface area contributed by atoms with Crippen LogP contribution in [0.25, 0.3) is 21.1 Å². The molecule has 0 radical (unpaired) electrons. The van der Waals surface area contributed by atoms with Crippen molar-refractivity contribution in [3.8, 4) is 23.0 Å². The van der Waals surface area contributed by atoms with E-state index in [1.807, 2.05) is 48.7 Å². The first kappa shape index (κ1) is 22.5. The van der Waals surface area contributed by atoms with Crippen molar-refractivity contribution in [2.45, 2.75) is 4.21 Å². The lowest BCUT2D eigenvalue weighted by Crippen LogP contribution is -2.09. The van der Waals surface area contributed by atoms with Crippen LogP contribution in [0, 0.1) is 0 Å². The third-order valence-corrected chi connectivity index (χ3v) is 8.12. The van der Waals surface area contributed by atoms with Gasteiger partial charge in [-0.15, -0.1) is 23.1 Å². The zero-order valence-corrected chi connectivity index (χ0v) is 20.9. The van der Waals surface area contributed by atoms with Crippen LogP contribution in [-0.4, -0.2) is 36.4 Å². The number of anilines is 1. The number of nitrogens with one attached hydrogen (secondary N) is 1. The van der Waals surface area contributed by atoms with E-state index in [4.69, 9.17) is 14.2 Å². The second kappa shape index (κ2) is 9.49. The van der Waals surface area contributed by atoms with Gasteiger partial charge in [0, 0.05) is 23.7 Å². The fourth-order valence-electron chi connectivity index (χ4n) is 3.40. The smallest absolute Gasteiger partial charge is 0.267 e. The number of pyridine rings is 1. The normalized spacial score (nSPS) is 11.0. The molecule has 0 bridgehead atoms. The molecule has 3 aromatic heterocycles. The van der Waals surface area contributed by atoms with Crippen LogP contribution < -0.4 is 19.5 Å². The highest BCUT2D eigenvalue weighted by molar-refractivity contribution is 8.00. The van der Waals surface area contributed by atoms with Gasteiger partial charge in [-0.1, -0.05) is 11.3 Å². The van der Waals surface area contributed by atoms with Gasteiger partial charge in [0.25, 0.3) is 5.91 Å². The first-order valence-electron chi connectivity index (χ1n) is 10.1. The van der Waals surface area contributed by atoms with E-state index in [0.717, 1.165) is 25.3 Å². The number of carbonyl (C=O) groups excluding carboxylic acids is 1. The summed E-state index contributed by atoms with van der Waals surface area (Å²) in [6.07, 6.45) is 3.68. The molecule has 5 rings (SSSR count). The van der Waals surface area contributed by atoms with Crippen LogP contribution in [0.4, 0.5) is 5.13 Å². The first-order valence-corrected chi connectivity index (χ1v) is 13.0. The Morgan fingerprint density at radius 3 is 2.53 bits per heavy atom. The number of benzene rings is 2. The van der Waals surface area contributed by atoms with E-state index < -0.39 is 0 Å². The molecule has 3 heterocycles. The molecule has 0 saturated carbocycles. The van der Waals surface area contributed by atoms with Crippen molar-refractivity contribution in [3.05, 3.63) is 59.6 Å². The summed E-state index contributed by atoms with van der Waals surface area (Å²) in [6, 6.07) is 14.9. The van der Waals surface area contributed by atoms with Crippen LogP contribution in [0.1, 0.15) is 9.67 Å². The highest BCUT2D eigenvalue weighted by atomic mass is 32.2. The van der Waals surface area contributed by atoms with Gasteiger partial charge < -0.3 is 14.2 Å². The summed E-state index contributed by atoms with van der Waals surface area (Å²) in [5.41, 5.74) is 1.52. The number of methoxy groups -OCH3 is 2. The van der Waals surface area contributed by atoms with Crippen molar-refractivity contribution in [3.63, 3.8) is 0 Å². The summed E-state index contributed by atoms with van der Waals surface area (Å²) in [4.78, 5) is 22.2. The van der Waals surface area contributed by atoms with Crippen LogP contribution >= 0.6 is 34.4 Å². The number of thiazole rings is 1. The molecule has 34 heavy (non-hydrogen) atoms. The van der Waals surface area contributed by atoms with E-state index >= 15 is 0 Å². The number of amides is 1. The molecule has 0 aliphatic rings. The number of hydrogen-bond donors (Lipinski definition) is 1. The zero-order valence-electron chi connectivity index (χ0n) is 18.4. The Hall–Kier alpha value is -3.34. The van der Waals surface area contributed by atoms with E-state index in [1.54, 1.807) is 38.2 Å². The van der Waals surface area contributed by atoms with Gasteiger partial charge in [-0.2, -0.15) is 0 Å². The lowest BCUT2D eigenvalue weighted by molar-refractivity contribution is 0.103. The van der Waals surface area contributed by atoms with Crippen molar-refractivity contribution in [2.24, 2.45) is 0 Å². The van der Waals surface area contributed by atoms with Gasteiger partial charge in [-0.25, -0.2) is 4.98 Å². The average molecular weight is 510 g/mol. The topological polar surface area (TPSA) is 82.6 Å². The molecule has 5 aromatic rings. The third kappa shape index (κ3) is 4.39. The van der Waals surface area contributed by atoms with Gasteiger partial charge in [-0.3, -0.25) is 15.1 Å². The minimum absolute atomic E-state index is 0.159. The van der Waals surface area contributed by atoms with E-state index in [1.165, 1.54) is 22.7 Å². The molecule has 0 unspecified atom stereocenters. The summed E-state index contributed by atoms with van der Waals surface area (Å²) < 4.78 is 19.0. The number of rotatable bonds is 7. The Kier molecular flexibility index (Phi) is 6.27. The summed E-state index contributed by atoms with van der Waals surface area (Å²) in [7, 11) is 3.18. The molecule has 0 aliphatic carbocycles. The number of thiophene rings is 1. The number of carbonyl (C=O) groups is 1. The Balaban J connectivity index is 1.41. The predicted molar refractivity (Wildman–Crippen MR) is 139 cm³/mol. The maximum atomic E-state index is 12.6. The molecule has 1 amide bonds. The molecule has 0 atom stereocenters. The number of aromatic nitrogens is 2. The highest BCUT2D eigenvalue weighted by Crippen LogP contribution is 2.38. The summed E-state index contributed by atoms with van der Waals surface area (Å²) in [6.45, 7) is 0. The largest absolute Gasteiger partial charge is 0.493 e. The SMILES string of the molecule is COc1cc2nccc(Oc3ccc4nc(NC(=O)c5ccc(SC)s5)sc4c3)c2cc1OC. The summed E-state index contributed by atoms with van der Waals surface area (Å²) >= 11 is 4.48. The molecule has 0 spiro atoms. The van der Waals surface area contributed by atoms with Crippen molar-refractivity contribution < 1.29 is 19.0 Å². The fourth-order valence-corrected chi connectivity index (χ4v) is 5.72. The quantitative estimate of drug-likeness (QED) is 0.245. The first-order chi connectivity index (χ1) is 16.6. The van der Waals surface area contributed by atoms with Gasteiger partial charge in [-0.05, 0) is 42.7 Å². The third-order valence-electron chi connectivity index (χ3n) is 5.02. The molecule has 0 saturated heterocycles. The van der Waals surface area contributed by atoms with E-state index in [2.05, 4.69) is 15.3 Å². The number of thioether (sulfide) groups is 1. The number of ether oxygens (including phenoxy) is 3. The Morgan fingerprint density at radius 1 is 0.941 bits per heavy atom. The van der Waals surface area contributed by atoms with Gasteiger partial charge in [0.05, 0.1) is 39.0 Å². The zero-order chi connectivity index (χ0) is 23.7. The van der Waals surface area contributed by atoms with Crippen molar-refractivity contribution >= 4 is 66.6 Å². The van der Waals surface area contributed by atoms with Crippen LogP contribution in [-0.2, 0) is 0 Å². The number of fused-ring (bicyclic) bond motifs is 2. The van der Waals surface area contributed by atoms with Crippen LogP contribution in [0.5, 0.6) is 23.0 Å². The summed E-state index contributed by atoms with van der Waals surface area (Å²) in [5, 5.41) is 4.24. The van der Waals surface area contributed by atoms with Gasteiger partial charge in [0.1, 0.15) is 11.5 Å². The molecule has 172 valence electrons. The molecule has 0 fully saturated rings. The number of nitrogens with zero attached hydrogens (tertiary/aromatic N) is 2. The molecular weight excluding hydrogens is 490 g/mol. The van der Waals surface area contributed by atoms with Crippen molar-refractivity contribution in [1.29, 1.82) is 0 Å². The molecule has 7 nitrogen and oxygen atoms in total. The van der Waals surface area contributed by atoms with Crippen LogP contribution in [0.3, 0.4) is 0 Å². The second-order valence-electron chi connectivity index (χ2n) is 7.06. The minimum atomic E-state index is -0.159. The van der Waals surface area contributed by atoms with Crippen LogP contribution in [0.15, 0.2) is 58.9 Å². The maximum absolute atomic E-state index is 12.6. The molecule has 1 N–H and O–H groups in total. The standard InChI is InChI=1S/C24H19N3O4S3/c1-29-18-11-14-16(12-19(18)30-2)25-9-8-17(14)31-13-4-5-15-21(10-13)34-24(26-15)27-23(28)20-6-7-22(32-3)33-20/h4-12H,1-3H3,(H,26,27,28). The monoisotopic (exact) mass is 509 g/mol. The van der Waals surface area contributed by atoms with Crippen molar-refractivity contribution in [1.82, 2.24) is 9.97 Å². The van der Waals surface area contributed by atoms with E-state index in [-0.39, 0.29) is 5.91 Å². The predicted octanol–water partition coefficient (Wildman–Crippen LogP) is 6.69. The molecule has 2 aromatic carbocycles. The van der Waals surface area contributed by atoms with E-state index in [0.29, 0.717) is 33.0 Å². The summed E-state index contributed by atoms with van der Waals surface area (Å²) in [5.74, 6) is 2.34. The van der Waals surface area contributed by atoms with Gasteiger partial charge in [0.2, 0.25) is 0 Å². The Bertz CT molecular complexity index is 1510. The molecule has 0 aliphatic heterocycles. The van der Waals surface area contributed by atoms with E-state index in [9.17, 15) is 4.79 Å². The van der Waals surface area contributed by atoms with Crippen molar-refractivity contribution in [2.75, 3.05) is 25.8 Å². The van der Waals surface area contributed by atoms with Gasteiger partial charge in [0.15, 0.2) is 16.6 Å². The number of hydrogen-bond acceptors (Lipinski definition) is 9.